The van der Waals surface area contributed by atoms with Crippen molar-refractivity contribution in [2.24, 2.45) is 0 Å². The van der Waals surface area contributed by atoms with Gasteiger partial charge in [-0.05, 0) is 49.7 Å². The first kappa shape index (κ1) is 17.5. The van der Waals surface area contributed by atoms with Gasteiger partial charge in [-0.1, -0.05) is 18.2 Å². The average Bonchev–Trinajstić information content (AvgIpc) is 2.95. The van der Waals surface area contributed by atoms with Crippen LogP contribution in [-0.2, 0) is 6.42 Å². The predicted molar refractivity (Wildman–Crippen MR) is 107 cm³/mol. The lowest BCUT2D eigenvalue weighted by Crippen LogP contribution is -2.34. The number of thiocarbonyl (C=S) groups is 1. The Hall–Kier alpha value is -2.34. The zero-order valence-electron chi connectivity index (χ0n) is 14.7. The van der Waals surface area contributed by atoms with Gasteiger partial charge in [0.2, 0.25) is 5.88 Å². The summed E-state index contributed by atoms with van der Waals surface area (Å²) in [7, 11) is 1.60. The molecule has 0 fully saturated rings. The summed E-state index contributed by atoms with van der Waals surface area (Å²) in [5.41, 5.74) is 3.67. The fraction of sp³-hybridized carbons (Fsp3) is 0.368. The van der Waals surface area contributed by atoms with Crippen LogP contribution in [0.1, 0.15) is 18.9 Å². The Morgan fingerprint density at radius 1 is 1.32 bits per heavy atom. The molecular weight excluding hydrogens is 332 g/mol. The van der Waals surface area contributed by atoms with E-state index in [4.69, 9.17) is 17.0 Å². The van der Waals surface area contributed by atoms with Gasteiger partial charge in [0.25, 0.3) is 0 Å². The van der Waals surface area contributed by atoms with Gasteiger partial charge in [0.15, 0.2) is 5.11 Å². The molecule has 1 aliphatic heterocycles. The standard InChI is InChI=1S/C19H24N4OS/c1-14-12-15-6-3-4-7-17(15)23(14)11-5-10-20-19(25)22-16-8-9-18(24-2)21-13-16/h3-4,6-9,13-14H,5,10-12H2,1-2H3,(H2,20,22,25)/t14-/m0/s1. The third-order valence-electron chi connectivity index (χ3n) is 4.41. The van der Waals surface area contributed by atoms with Crippen LogP contribution >= 0.6 is 12.2 Å². The van der Waals surface area contributed by atoms with Crippen molar-refractivity contribution >= 4 is 28.7 Å². The topological polar surface area (TPSA) is 49.4 Å². The van der Waals surface area contributed by atoms with Crippen LogP contribution in [0.5, 0.6) is 5.88 Å². The van der Waals surface area contributed by atoms with E-state index in [0.717, 1.165) is 31.6 Å². The fourth-order valence-corrected chi connectivity index (χ4v) is 3.39. The van der Waals surface area contributed by atoms with E-state index in [9.17, 15) is 0 Å². The molecule has 2 aromatic rings. The lowest BCUT2D eigenvalue weighted by molar-refractivity contribution is 0.398. The van der Waals surface area contributed by atoms with Crippen molar-refractivity contribution in [2.45, 2.75) is 25.8 Å². The molecule has 3 rings (SSSR count). The monoisotopic (exact) mass is 356 g/mol. The molecule has 2 N–H and O–H groups in total. The number of nitrogens with one attached hydrogen (secondary N) is 2. The number of nitrogens with zero attached hydrogens (tertiary/aromatic N) is 2. The molecule has 25 heavy (non-hydrogen) atoms. The van der Waals surface area contributed by atoms with E-state index in [1.54, 1.807) is 19.4 Å². The molecule has 6 heteroatoms. The minimum absolute atomic E-state index is 0.563. The first-order valence-corrected chi connectivity index (χ1v) is 8.97. The number of rotatable bonds is 6. The Bertz CT molecular complexity index is 720. The minimum atomic E-state index is 0.563. The molecule has 1 atom stereocenters. The van der Waals surface area contributed by atoms with Crippen LogP contribution in [0.15, 0.2) is 42.6 Å². The molecule has 0 saturated heterocycles. The Balaban J connectivity index is 1.41. The highest BCUT2D eigenvalue weighted by Crippen LogP contribution is 2.31. The second-order valence-electron chi connectivity index (χ2n) is 6.20. The van der Waals surface area contributed by atoms with Crippen LogP contribution in [0.2, 0.25) is 0 Å². The lowest BCUT2D eigenvalue weighted by atomic mass is 10.1. The van der Waals surface area contributed by atoms with Gasteiger partial charge in [-0.3, -0.25) is 0 Å². The van der Waals surface area contributed by atoms with Crippen molar-refractivity contribution in [1.82, 2.24) is 10.3 Å². The normalized spacial score (nSPS) is 15.6. The smallest absolute Gasteiger partial charge is 0.213 e. The van der Waals surface area contributed by atoms with Gasteiger partial charge in [-0.25, -0.2) is 4.98 Å². The van der Waals surface area contributed by atoms with Crippen LogP contribution in [0.25, 0.3) is 0 Å². The maximum Gasteiger partial charge on any atom is 0.213 e. The number of hydrogen-bond donors (Lipinski definition) is 2. The number of fused-ring (bicyclic) bond motifs is 1. The Morgan fingerprint density at radius 2 is 2.16 bits per heavy atom. The SMILES string of the molecule is COc1ccc(NC(=S)NCCCN2c3ccccc3C[C@@H]2C)cn1. The molecule has 0 unspecified atom stereocenters. The predicted octanol–water partition coefficient (Wildman–Crippen LogP) is 3.22. The molecule has 0 bridgehead atoms. The molecule has 1 aromatic carbocycles. The summed E-state index contributed by atoms with van der Waals surface area (Å²) in [5.74, 6) is 0.587. The number of ether oxygens (including phenoxy) is 1. The van der Waals surface area contributed by atoms with Crippen LogP contribution in [0.4, 0.5) is 11.4 Å². The van der Waals surface area contributed by atoms with Gasteiger partial charge in [-0.15, -0.1) is 0 Å². The average molecular weight is 356 g/mol. The van der Waals surface area contributed by atoms with E-state index in [-0.39, 0.29) is 0 Å². The van der Waals surface area contributed by atoms with E-state index in [0.29, 0.717) is 17.0 Å². The summed E-state index contributed by atoms with van der Waals surface area (Å²) >= 11 is 5.34. The zero-order valence-corrected chi connectivity index (χ0v) is 15.5. The number of anilines is 2. The summed E-state index contributed by atoms with van der Waals surface area (Å²) < 4.78 is 5.04. The van der Waals surface area contributed by atoms with Crippen molar-refractivity contribution < 1.29 is 4.74 Å². The molecule has 5 nitrogen and oxygen atoms in total. The third-order valence-corrected chi connectivity index (χ3v) is 4.66. The largest absolute Gasteiger partial charge is 0.481 e. The number of para-hydroxylation sites is 1. The second-order valence-corrected chi connectivity index (χ2v) is 6.61. The summed E-state index contributed by atoms with van der Waals surface area (Å²) in [6.45, 7) is 4.15. The third kappa shape index (κ3) is 4.39. The number of pyridine rings is 1. The zero-order chi connectivity index (χ0) is 17.6. The maximum absolute atomic E-state index is 5.34. The molecule has 1 aliphatic rings. The molecule has 0 amide bonds. The lowest BCUT2D eigenvalue weighted by Gasteiger charge is -2.25. The number of aromatic nitrogens is 1. The number of methoxy groups -OCH3 is 1. The van der Waals surface area contributed by atoms with E-state index in [1.807, 2.05) is 6.07 Å². The maximum atomic E-state index is 5.34. The molecule has 2 heterocycles. The molecule has 0 aliphatic carbocycles. The van der Waals surface area contributed by atoms with Gasteiger partial charge in [0.05, 0.1) is 19.0 Å². The van der Waals surface area contributed by atoms with Gasteiger partial charge in [0.1, 0.15) is 0 Å². The van der Waals surface area contributed by atoms with E-state index in [2.05, 4.69) is 51.7 Å². The molecule has 0 spiro atoms. The van der Waals surface area contributed by atoms with Gasteiger partial charge in [-0.2, -0.15) is 0 Å². The highest BCUT2D eigenvalue weighted by molar-refractivity contribution is 7.80. The number of benzene rings is 1. The van der Waals surface area contributed by atoms with Crippen molar-refractivity contribution in [3.8, 4) is 5.88 Å². The van der Waals surface area contributed by atoms with Crippen LogP contribution in [-0.4, -0.2) is 36.3 Å². The van der Waals surface area contributed by atoms with Crippen molar-refractivity contribution in [1.29, 1.82) is 0 Å². The van der Waals surface area contributed by atoms with Gasteiger partial charge < -0.3 is 20.3 Å². The highest BCUT2D eigenvalue weighted by Gasteiger charge is 2.24. The summed E-state index contributed by atoms with van der Waals surface area (Å²) in [5, 5.41) is 7.00. The first-order chi connectivity index (χ1) is 12.2. The first-order valence-electron chi connectivity index (χ1n) is 8.57. The molecule has 0 radical (unpaired) electrons. The number of hydrogen-bond acceptors (Lipinski definition) is 4. The van der Waals surface area contributed by atoms with Crippen LogP contribution in [0, 0.1) is 0 Å². The minimum Gasteiger partial charge on any atom is -0.481 e. The second kappa shape index (κ2) is 8.16. The van der Waals surface area contributed by atoms with E-state index in [1.165, 1.54) is 11.3 Å². The molecule has 1 aromatic heterocycles. The van der Waals surface area contributed by atoms with E-state index >= 15 is 0 Å². The Labute approximate surface area is 154 Å². The van der Waals surface area contributed by atoms with Crippen LogP contribution < -0.4 is 20.3 Å². The highest BCUT2D eigenvalue weighted by atomic mass is 32.1. The quantitative estimate of drug-likeness (QED) is 0.612. The van der Waals surface area contributed by atoms with Crippen molar-refractivity contribution in [3.05, 3.63) is 48.2 Å². The van der Waals surface area contributed by atoms with Crippen molar-refractivity contribution in [3.63, 3.8) is 0 Å². The van der Waals surface area contributed by atoms with E-state index < -0.39 is 0 Å². The van der Waals surface area contributed by atoms with Crippen LogP contribution in [0.3, 0.4) is 0 Å². The summed E-state index contributed by atoms with van der Waals surface area (Å²) in [6.07, 6.45) is 3.87. The summed E-state index contributed by atoms with van der Waals surface area (Å²) in [6, 6.07) is 12.9. The van der Waals surface area contributed by atoms with Gasteiger partial charge >= 0.3 is 0 Å². The molecule has 0 saturated carbocycles. The fourth-order valence-electron chi connectivity index (χ4n) is 3.17. The van der Waals surface area contributed by atoms with Gasteiger partial charge in [0, 0.05) is 30.9 Å². The molecular formula is C19H24N4OS. The Morgan fingerprint density at radius 3 is 2.92 bits per heavy atom. The molecule has 132 valence electrons. The summed E-state index contributed by atoms with van der Waals surface area (Å²) in [4.78, 5) is 6.64. The Kier molecular flexibility index (Phi) is 5.71. The van der Waals surface area contributed by atoms with Crippen molar-refractivity contribution in [2.75, 3.05) is 30.4 Å².